The van der Waals surface area contributed by atoms with Crippen LogP contribution in [0.15, 0.2) is 42.6 Å². The molecule has 5 nitrogen and oxygen atoms in total. The van der Waals surface area contributed by atoms with Crippen LogP contribution in [0, 0.1) is 5.82 Å². The normalized spacial score (nSPS) is 16.2. The van der Waals surface area contributed by atoms with Crippen LogP contribution >= 0.6 is 0 Å². The number of hydrogen-bond donors (Lipinski definition) is 0. The molecule has 0 bridgehead atoms. The maximum atomic E-state index is 14.1. The van der Waals surface area contributed by atoms with Gasteiger partial charge in [-0.2, -0.15) is 0 Å². The van der Waals surface area contributed by atoms with Crippen molar-refractivity contribution in [2.75, 3.05) is 6.54 Å². The molecule has 2 aromatic rings. The van der Waals surface area contributed by atoms with E-state index in [1.54, 1.807) is 17.0 Å². The number of nitrogens with zero attached hydrogens (tertiary/aromatic N) is 3. The van der Waals surface area contributed by atoms with Crippen LogP contribution in [-0.4, -0.2) is 44.8 Å². The average Bonchev–Trinajstić information content (AvgIpc) is 3.57. The smallest absolute Gasteiger partial charge is 0.257 e. The van der Waals surface area contributed by atoms with E-state index >= 15 is 0 Å². The first-order chi connectivity index (χ1) is 13.0. The lowest BCUT2D eigenvalue weighted by Gasteiger charge is -2.28. The molecule has 0 saturated heterocycles. The van der Waals surface area contributed by atoms with Gasteiger partial charge in [0.2, 0.25) is 5.91 Å². The van der Waals surface area contributed by atoms with Crippen molar-refractivity contribution in [3.05, 3.63) is 59.7 Å². The minimum absolute atomic E-state index is 0.0127. The van der Waals surface area contributed by atoms with Gasteiger partial charge in [0.05, 0.1) is 12.1 Å². The Bertz CT molecular complexity index is 855. The Morgan fingerprint density at radius 1 is 1.04 bits per heavy atom. The number of benzene rings is 1. The lowest BCUT2D eigenvalue weighted by atomic mass is 10.1. The molecule has 2 aliphatic carbocycles. The largest absolute Gasteiger partial charge is 0.353 e. The number of aromatic nitrogens is 1. The first kappa shape index (κ1) is 17.8. The van der Waals surface area contributed by atoms with Gasteiger partial charge in [-0.15, -0.1) is 0 Å². The van der Waals surface area contributed by atoms with Crippen molar-refractivity contribution in [1.82, 2.24) is 14.4 Å². The van der Waals surface area contributed by atoms with E-state index in [0.29, 0.717) is 6.54 Å². The second-order valence-corrected chi connectivity index (χ2v) is 7.51. The van der Waals surface area contributed by atoms with Crippen molar-refractivity contribution in [3.8, 4) is 0 Å². The summed E-state index contributed by atoms with van der Waals surface area (Å²) >= 11 is 0. The van der Waals surface area contributed by atoms with E-state index in [2.05, 4.69) is 0 Å². The van der Waals surface area contributed by atoms with Crippen LogP contribution in [-0.2, 0) is 18.4 Å². The molecular weight excluding hydrogens is 345 g/mol. The zero-order valence-corrected chi connectivity index (χ0v) is 15.5. The Labute approximate surface area is 158 Å². The highest BCUT2D eigenvalue weighted by Gasteiger charge is 2.39. The van der Waals surface area contributed by atoms with E-state index in [0.717, 1.165) is 31.4 Å². The molecule has 1 aromatic heterocycles. The van der Waals surface area contributed by atoms with Crippen molar-refractivity contribution >= 4 is 11.8 Å². The van der Waals surface area contributed by atoms with Gasteiger partial charge in [-0.25, -0.2) is 4.39 Å². The minimum Gasteiger partial charge on any atom is -0.353 e. The number of halogens is 1. The first-order valence-electron chi connectivity index (χ1n) is 9.50. The van der Waals surface area contributed by atoms with Crippen molar-refractivity contribution < 1.29 is 14.0 Å². The summed E-state index contributed by atoms with van der Waals surface area (Å²) in [6.45, 7) is 0.554. The van der Waals surface area contributed by atoms with Gasteiger partial charge >= 0.3 is 0 Å². The van der Waals surface area contributed by atoms with Crippen LogP contribution in [0.2, 0.25) is 0 Å². The van der Waals surface area contributed by atoms with Crippen LogP contribution in [0.25, 0.3) is 0 Å². The highest BCUT2D eigenvalue weighted by Crippen LogP contribution is 2.31. The van der Waals surface area contributed by atoms with E-state index in [9.17, 15) is 14.0 Å². The van der Waals surface area contributed by atoms with Crippen molar-refractivity contribution in [3.63, 3.8) is 0 Å². The van der Waals surface area contributed by atoms with Crippen molar-refractivity contribution in [2.24, 2.45) is 7.05 Å². The fraction of sp³-hybridized carbons (Fsp3) is 0.429. The zero-order valence-electron chi connectivity index (χ0n) is 15.5. The third kappa shape index (κ3) is 3.89. The topological polar surface area (TPSA) is 45.6 Å². The predicted molar refractivity (Wildman–Crippen MR) is 99.4 cm³/mol. The van der Waals surface area contributed by atoms with E-state index < -0.39 is 11.7 Å². The van der Waals surface area contributed by atoms with Gasteiger partial charge in [-0.1, -0.05) is 12.1 Å². The molecule has 0 N–H and O–H groups in total. The Morgan fingerprint density at radius 3 is 2.30 bits per heavy atom. The second kappa shape index (κ2) is 7.18. The molecule has 27 heavy (non-hydrogen) atoms. The molecule has 1 heterocycles. The number of aryl methyl sites for hydroxylation is 1. The minimum atomic E-state index is -0.538. The highest BCUT2D eigenvalue weighted by molar-refractivity contribution is 5.97. The van der Waals surface area contributed by atoms with Crippen LogP contribution in [0.1, 0.15) is 41.7 Å². The zero-order chi connectivity index (χ0) is 19.0. The van der Waals surface area contributed by atoms with Gasteiger partial charge in [0.25, 0.3) is 5.91 Å². The van der Waals surface area contributed by atoms with E-state index in [4.69, 9.17) is 0 Å². The highest BCUT2D eigenvalue weighted by atomic mass is 19.1. The fourth-order valence-corrected chi connectivity index (χ4v) is 3.42. The summed E-state index contributed by atoms with van der Waals surface area (Å²) in [6.07, 6.45) is 5.70. The Hall–Kier alpha value is -2.63. The Balaban J connectivity index is 1.50. The number of rotatable bonds is 7. The lowest BCUT2D eigenvalue weighted by molar-refractivity contribution is -0.133. The van der Waals surface area contributed by atoms with E-state index in [1.807, 2.05) is 34.8 Å². The van der Waals surface area contributed by atoms with Gasteiger partial charge in [-0.3, -0.25) is 9.59 Å². The fourth-order valence-electron chi connectivity index (χ4n) is 3.42. The van der Waals surface area contributed by atoms with Gasteiger partial charge in [-0.05, 0) is 49.9 Å². The quantitative estimate of drug-likeness (QED) is 0.753. The van der Waals surface area contributed by atoms with Crippen molar-refractivity contribution in [2.45, 2.75) is 44.3 Å². The summed E-state index contributed by atoms with van der Waals surface area (Å²) in [5, 5.41) is 0. The number of hydrogen-bond acceptors (Lipinski definition) is 2. The van der Waals surface area contributed by atoms with E-state index in [1.165, 1.54) is 12.1 Å². The molecule has 0 radical (unpaired) electrons. The molecule has 2 amide bonds. The molecule has 2 fully saturated rings. The Morgan fingerprint density at radius 2 is 1.70 bits per heavy atom. The molecule has 142 valence electrons. The van der Waals surface area contributed by atoms with Crippen LogP contribution < -0.4 is 0 Å². The van der Waals surface area contributed by atoms with Crippen LogP contribution in [0.4, 0.5) is 4.39 Å². The molecule has 4 rings (SSSR count). The SMILES string of the molecule is Cn1cccc1CN(C(=O)CN(C(=O)c1ccccc1F)C1CC1)C1CC1. The molecular formula is C21H24FN3O2. The third-order valence-corrected chi connectivity index (χ3v) is 5.35. The number of carbonyl (C=O) groups is 2. The number of carbonyl (C=O) groups excluding carboxylic acids is 2. The third-order valence-electron chi connectivity index (χ3n) is 5.35. The van der Waals surface area contributed by atoms with E-state index in [-0.39, 0.29) is 30.1 Å². The first-order valence-corrected chi connectivity index (χ1v) is 9.50. The molecule has 1 aromatic carbocycles. The summed E-state index contributed by atoms with van der Waals surface area (Å²) in [5.74, 6) is -0.989. The summed E-state index contributed by atoms with van der Waals surface area (Å²) in [4.78, 5) is 29.4. The molecule has 2 aliphatic rings. The molecule has 0 atom stereocenters. The summed E-state index contributed by atoms with van der Waals surface area (Å²) < 4.78 is 16.1. The predicted octanol–water partition coefficient (Wildman–Crippen LogP) is 2.96. The molecule has 0 unspecified atom stereocenters. The second-order valence-electron chi connectivity index (χ2n) is 7.51. The maximum Gasteiger partial charge on any atom is 0.257 e. The summed E-state index contributed by atoms with van der Waals surface area (Å²) in [7, 11) is 1.96. The van der Waals surface area contributed by atoms with Crippen LogP contribution in [0.5, 0.6) is 0 Å². The molecule has 6 heteroatoms. The maximum absolute atomic E-state index is 14.1. The standard InChI is InChI=1S/C21H24FN3O2/c1-23-12-4-5-17(23)13-24(15-8-9-15)20(26)14-25(16-10-11-16)21(27)18-6-2-3-7-19(18)22/h2-7,12,15-16H,8-11,13-14H2,1H3. The average molecular weight is 369 g/mol. The van der Waals surface area contributed by atoms with Gasteiger partial charge in [0.1, 0.15) is 12.4 Å². The van der Waals surface area contributed by atoms with Gasteiger partial charge in [0, 0.05) is 31.0 Å². The number of amides is 2. The summed E-state index contributed by atoms with van der Waals surface area (Å²) in [5.41, 5.74) is 1.10. The van der Waals surface area contributed by atoms with Gasteiger partial charge < -0.3 is 14.4 Å². The molecule has 2 saturated carbocycles. The molecule has 0 spiro atoms. The van der Waals surface area contributed by atoms with Crippen LogP contribution in [0.3, 0.4) is 0 Å². The molecule has 0 aliphatic heterocycles. The summed E-state index contributed by atoms with van der Waals surface area (Å²) in [6, 6.07) is 10.2. The monoisotopic (exact) mass is 369 g/mol. The van der Waals surface area contributed by atoms with Crippen molar-refractivity contribution in [1.29, 1.82) is 0 Å². The van der Waals surface area contributed by atoms with Gasteiger partial charge in [0.15, 0.2) is 0 Å². The Kier molecular flexibility index (Phi) is 4.72. The lowest BCUT2D eigenvalue weighted by Crippen LogP contribution is -2.44.